The van der Waals surface area contributed by atoms with Crippen LogP contribution in [0.3, 0.4) is 0 Å². The molecular weight excluding hydrogens is 201 g/mol. The van der Waals surface area contributed by atoms with E-state index in [9.17, 15) is 17.7 Å². The maximum Gasteiger partial charge on any atom is 0.578 e. The van der Waals surface area contributed by atoms with Crippen molar-refractivity contribution >= 4 is 11.2 Å². The van der Waals surface area contributed by atoms with Crippen molar-refractivity contribution in [3.63, 3.8) is 0 Å². The van der Waals surface area contributed by atoms with Gasteiger partial charge in [-0.3, -0.25) is 0 Å². The Balaban J connectivity index is 2.90. The van der Waals surface area contributed by atoms with Crippen LogP contribution < -0.4 is 0 Å². The first-order valence-electron chi connectivity index (χ1n) is 3.46. The second kappa shape index (κ2) is 3.59. The minimum Gasteiger partial charge on any atom is -0.604 e. The van der Waals surface area contributed by atoms with E-state index in [-0.39, 0.29) is 4.90 Å². The Labute approximate surface area is 76.8 Å². The van der Waals surface area contributed by atoms with Crippen molar-refractivity contribution in [2.24, 2.45) is 0 Å². The molecule has 0 N–H and O–H groups in total. The Morgan fingerprint density at radius 1 is 1.15 bits per heavy atom. The molecule has 1 aromatic rings. The van der Waals surface area contributed by atoms with Gasteiger partial charge in [0.15, 0.2) is 4.90 Å². The van der Waals surface area contributed by atoms with Gasteiger partial charge in [-0.25, -0.2) is 0 Å². The smallest absolute Gasteiger partial charge is 0.578 e. The van der Waals surface area contributed by atoms with Crippen LogP contribution >= 0.6 is 0 Å². The molecule has 0 aliphatic carbocycles. The Morgan fingerprint density at radius 2 is 1.62 bits per heavy atom. The predicted octanol–water partition coefficient (Wildman–Crippen LogP) is 2.62. The molecule has 0 fully saturated rings. The van der Waals surface area contributed by atoms with Crippen LogP contribution in [0.25, 0.3) is 0 Å². The van der Waals surface area contributed by atoms with E-state index in [1.165, 1.54) is 24.3 Å². The van der Waals surface area contributed by atoms with E-state index in [4.69, 9.17) is 0 Å². The van der Waals surface area contributed by atoms with Crippen molar-refractivity contribution in [1.29, 1.82) is 0 Å². The van der Waals surface area contributed by atoms with Gasteiger partial charge in [-0.15, -0.1) is 13.2 Å². The lowest BCUT2D eigenvalue weighted by Crippen LogP contribution is -2.23. The zero-order valence-corrected chi connectivity index (χ0v) is 7.58. The van der Waals surface area contributed by atoms with Crippen molar-refractivity contribution in [3.8, 4) is 0 Å². The largest absolute Gasteiger partial charge is 0.604 e. The van der Waals surface area contributed by atoms with Gasteiger partial charge in [0.05, 0.1) is 11.2 Å². The van der Waals surface area contributed by atoms with Crippen LogP contribution in [0.1, 0.15) is 5.56 Å². The number of aryl methyl sites for hydroxylation is 1. The maximum absolute atomic E-state index is 11.9. The first-order chi connectivity index (χ1) is 5.91. The van der Waals surface area contributed by atoms with Gasteiger partial charge in [-0.2, -0.15) is 0 Å². The Hall–Kier alpha value is -0.680. The van der Waals surface area contributed by atoms with Crippen LogP contribution in [0, 0.1) is 6.92 Å². The topological polar surface area (TPSA) is 23.1 Å². The average molecular weight is 208 g/mol. The summed E-state index contributed by atoms with van der Waals surface area (Å²) in [6.45, 7) is 1.75. The number of rotatable bonds is 1. The van der Waals surface area contributed by atoms with Crippen LogP contribution in [-0.2, 0) is 11.2 Å². The molecule has 0 aliphatic rings. The first-order valence-corrected chi connectivity index (χ1v) is 4.61. The third-order valence-corrected chi connectivity index (χ3v) is 2.57. The van der Waals surface area contributed by atoms with E-state index in [0.717, 1.165) is 5.56 Å². The number of halogens is 3. The normalized spacial score (nSPS) is 14.2. The van der Waals surface area contributed by atoms with E-state index in [1.54, 1.807) is 6.92 Å². The quantitative estimate of drug-likeness (QED) is 0.650. The molecule has 0 saturated heterocycles. The number of alkyl halides is 3. The molecule has 0 heterocycles. The summed E-state index contributed by atoms with van der Waals surface area (Å²) in [5, 5.41) is 0. The summed E-state index contributed by atoms with van der Waals surface area (Å²) in [7, 11) is 0. The summed E-state index contributed by atoms with van der Waals surface area (Å²) < 4.78 is 46.6. The minimum absolute atomic E-state index is 0.210. The fourth-order valence-electron chi connectivity index (χ4n) is 0.795. The van der Waals surface area contributed by atoms with Gasteiger partial charge in [-0.1, -0.05) is 17.7 Å². The Bertz CT molecular complexity index is 280. The van der Waals surface area contributed by atoms with Gasteiger partial charge in [0.25, 0.3) is 0 Å². The van der Waals surface area contributed by atoms with Gasteiger partial charge in [0.1, 0.15) is 0 Å². The minimum atomic E-state index is -4.67. The molecule has 0 aromatic heterocycles. The molecule has 1 aromatic carbocycles. The second-order valence-corrected chi connectivity index (χ2v) is 4.00. The van der Waals surface area contributed by atoms with Crippen molar-refractivity contribution in [2.45, 2.75) is 17.3 Å². The molecule has 13 heavy (non-hydrogen) atoms. The van der Waals surface area contributed by atoms with Gasteiger partial charge in [0.2, 0.25) is 0 Å². The van der Waals surface area contributed by atoms with Gasteiger partial charge < -0.3 is 4.55 Å². The zero-order chi connectivity index (χ0) is 10.1. The van der Waals surface area contributed by atoms with E-state index in [0.29, 0.717) is 0 Å². The van der Waals surface area contributed by atoms with Gasteiger partial charge in [-0.05, 0) is 19.1 Å². The third kappa shape index (κ3) is 2.63. The zero-order valence-electron chi connectivity index (χ0n) is 6.76. The molecule has 0 saturated carbocycles. The Morgan fingerprint density at radius 3 is 2.00 bits per heavy atom. The van der Waals surface area contributed by atoms with E-state index in [2.05, 4.69) is 0 Å². The molecule has 5 heteroatoms. The maximum atomic E-state index is 11.9. The fraction of sp³-hybridized carbons (Fsp3) is 0.250. The van der Waals surface area contributed by atoms with E-state index >= 15 is 0 Å². The summed E-state index contributed by atoms with van der Waals surface area (Å²) in [5.41, 5.74) is -3.84. The number of hydrogen-bond donors (Lipinski definition) is 0. The number of hydrogen-bond acceptors (Lipinski definition) is 1. The predicted molar refractivity (Wildman–Crippen MR) is 43.6 cm³/mol. The monoisotopic (exact) mass is 208 g/mol. The van der Waals surface area contributed by atoms with Crippen LogP contribution in [0.15, 0.2) is 29.2 Å². The van der Waals surface area contributed by atoms with Crippen LogP contribution in [-0.4, -0.2) is 10.1 Å². The fourth-order valence-corrected chi connectivity index (χ4v) is 1.45. The molecule has 1 unspecified atom stereocenters. The average Bonchev–Trinajstić information content (AvgIpc) is 2.03. The SMILES string of the molecule is Cc1ccc([S+]([O-])C(F)(F)F)cc1. The van der Waals surface area contributed by atoms with Crippen LogP contribution in [0.5, 0.6) is 0 Å². The lowest BCUT2D eigenvalue weighted by atomic mass is 10.2. The lowest BCUT2D eigenvalue weighted by molar-refractivity contribution is -0.0435. The molecule has 0 aliphatic heterocycles. The van der Waals surface area contributed by atoms with Crippen LogP contribution in [0.4, 0.5) is 13.2 Å². The molecule has 0 spiro atoms. The van der Waals surface area contributed by atoms with Crippen molar-refractivity contribution in [3.05, 3.63) is 29.8 Å². The summed E-state index contributed by atoms with van der Waals surface area (Å²) >= 11 is -2.91. The first kappa shape index (κ1) is 10.4. The number of benzene rings is 1. The highest BCUT2D eigenvalue weighted by atomic mass is 32.2. The summed E-state index contributed by atoms with van der Waals surface area (Å²) in [4.78, 5) is -0.210. The summed E-state index contributed by atoms with van der Waals surface area (Å²) in [5.74, 6) is 0. The highest BCUT2D eigenvalue weighted by Gasteiger charge is 2.45. The van der Waals surface area contributed by atoms with Crippen molar-refractivity contribution in [1.82, 2.24) is 0 Å². The Kier molecular flexibility index (Phi) is 2.87. The van der Waals surface area contributed by atoms with Crippen LogP contribution in [0.2, 0.25) is 0 Å². The van der Waals surface area contributed by atoms with E-state index < -0.39 is 16.7 Å². The molecular formula is C8H7F3OS. The standard InChI is InChI=1S/C8H7F3OS/c1-6-2-4-7(5-3-6)13(12)8(9,10)11/h2-5H,1H3. The lowest BCUT2D eigenvalue weighted by Gasteiger charge is -2.11. The van der Waals surface area contributed by atoms with Crippen molar-refractivity contribution in [2.75, 3.05) is 0 Å². The molecule has 1 atom stereocenters. The van der Waals surface area contributed by atoms with Gasteiger partial charge in [0, 0.05) is 0 Å². The molecule has 0 amide bonds. The highest BCUT2D eigenvalue weighted by molar-refractivity contribution is 7.92. The molecule has 0 radical (unpaired) electrons. The highest BCUT2D eigenvalue weighted by Crippen LogP contribution is 2.29. The molecule has 0 bridgehead atoms. The molecule has 1 nitrogen and oxygen atoms in total. The van der Waals surface area contributed by atoms with Crippen molar-refractivity contribution < 1.29 is 17.7 Å². The summed E-state index contributed by atoms with van der Waals surface area (Å²) in [6, 6.07) is 5.44. The second-order valence-electron chi connectivity index (χ2n) is 2.53. The molecule has 72 valence electrons. The van der Waals surface area contributed by atoms with E-state index in [1.807, 2.05) is 0 Å². The summed E-state index contributed by atoms with van der Waals surface area (Å²) in [6.07, 6.45) is 0. The molecule has 1 rings (SSSR count). The van der Waals surface area contributed by atoms with Gasteiger partial charge >= 0.3 is 5.51 Å². The third-order valence-electron chi connectivity index (χ3n) is 1.45.